The standard InChI is InChI=1S/C7H12IN/c1-7(2)3-6(4-8)9-5-7/h5-6H,3-4H2,1-2H3. The van der Waals surface area contributed by atoms with Gasteiger partial charge in [0, 0.05) is 16.1 Å². The van der Waals surface area contributed by atoms with E-state index in [1.54, 1.807) is 0 Å². The first-order valence-electron chi connectivity index (χ1n) is 3.24. The van der Waals surface area contributed by atoms with Crippen LogP contribution < -0.4 is 0 Å². The molecule has 0 aromatic carbocycles. The van der Waals surface area contributed by atoms with Crippen LogP contribution in [-0.4, -0.2) is 16.7 Å². The molecule has 1 aliphatic heterocycles. The smallest absolute Gasteiger partial charge is 0.0593 e. The van der Waals surface area contributed by atoms with Crippen LogP contribution in [0.25, 0.3) is 0 Å². The van der Waals surface area contributed by atoms with E-state index in [2.05, 4.69) is 47.6 Å². The van der Waals surface area contributed by atoms with Crippen molar-refractivity contribution in [2.45, 2.75) is 26.3 Å². The summed E-state index contributed by atoms with van der Waals surface area (Å²) in [4.78, 5) is 4.37. The predicted molar refractivity (Wildman–Crippen MR) is 49.6 cm³/mol. The van der Waals surface area contributed by atoms with Crippen molar-refractivity contribution < 1.29 is 0 Å². The fraction of sp³-hybridized carbons (Fsp3) is 0.857. The van der Waals surface area contributed by atoms with Gasteiger partial charge in [0.25, 0.3) is 0 Å². The molecule has 0 aromatic heterocycles. The van der Waals surface area contributed by atoms with Gasteiger partial charge in [-0.1, -0.05) is 36.4 Å². The third-order valence-electron chi connectivity index (χ3n) is 1.57. The monoisotopic (exact) mass is 237 g/mol. The lowest BCUT2D eigenvalue weighted by molar-refractivity contribution is 0.487. The summed E-state index contributed by atoms with van der Waals surface area (Å²) in [6.45, 7) is 4.48. The number of nitrogens with zero attached hydrogens (tertiary/aromatic N) is 1. The van der Waals surface area contributed by atoms with Crippen LogP contribution in [0.1, 0.15) is 20.3 Å². The molecular formula is C7H12IN. The number of rotatable bonds is 1. The topological polar surface area (TPSA) is 12.4 Å². The maximum Gasteiger partial charge on any atom is 0.0593 e. The van der Waals surface area contributed by atoms with Crippen molar-refractivity contribution in [3.63, 3.8) is 0 Å². The van der Waals surface area contributed by atoms with Crippen molar-refractivity contribution in [3.05, 3.63) is 0 Å². The second kappa shape index (κ2) is 2.56. The molecule has 1 nitrogen and oxygen atoms in total. The number of halogens is 1. The van der Waals surface area contributed by atoms with Gasteiger partial charge in [-0.05, 0) is 6.42 Å². The highest BCUT2D eigenvalue weighted by molar-refractivity contribution is 14.1. The lowest BCUT2D eigenvalue weighted by Gasteiger charge is -2.12. The fourth-order valence-corrected chi connectivity index (χ4v) is 1.65. The lowest BCUT2D eigenvalue weighted by Crippen LogP contribution is -2.12. The van der Waals surface area contributed by atoms with E-state index in [4.69, 9.17) is 0 Å². The van der Waals surface area contributed by atoms with Gasteiger partial charge in [-0.2, -0.15) is 0 Å². The predicted octanol–water partition coefficient (Wildman–Crippen LogP) is 2.29. The van der Waals surface area contributed by atoms with Gasteiger partial charge in [0.1, 0.15) is 0 Å². The molecular weight excluding hydrogens is 225 g/mol. The molecule has 0 bridgehead atoms. The van der Waals surface area contributed by atoms with Crippen LogP contribution in [0.5, 0.6) is 0 Å². The fourth-order valence-electron chi connectivity index (χ4n) is 1.11. The number of aliphatic imine (C=N–C) groups is 1. The molecule has 0 N–H and O–H groups in total. The summed E-state index contributed by atoms with van der Waals surface area (Å²) in [5, 5.41) is 0. The summed E-state index contributed by atoms with van der Waals surface area (Å²) in [5.41, 5.74) is 0.371. The van der Waals surface area contributed by atoms with Gasteiger partial charge < -0.3 is 0 Å². The molecule has 0 saturated carbocycles. The van der Waals surface area contributed by atoms with Gasteiger partial charge in [0.05, 0.1) is 6.04 Å². The van der Waals surface area contributed by atoms with Crippen molar-refractivity contribution in [2.75, 3.05) is 4.43 Å². The van der Waals surface area contributed by atoms with Crippen LogP contribution >= 0.6 is 22.6 Å². The third-order valence-corrected chi connectivity index (χ3v) is 2.59. The summed E-state index contributed by atoms with van der Waals surface area (Å²) in [5.74, 6) is 0. The second-order valence-corrected chi connectivity index (χ2v) is 4.16. The Morgan fingerprint density at radius 1 is 1.78 bits per heavy atom. The number of alkyl halides is 1. The van der Waals surface area contributed by atoms with Crippen molar-refractivity contribution in [1.82, 2.24) is 0 Å². The normalized spacial score (nSPS) is 31.2. The maximum absolute atomic E-state index is 4.37. The summed E-state index contributed by atoms with van der Waals surface area (Å²) in [6.07, 6.45) is 3.33. The summed E-state index contributed by atoms with van der Waals surface area (Å²) < 4.78 is 1.16. The van der Waals surface area contributed by atoms with Gasteiger partial charge in [0.2, 0.25) is 0 Å². The van der Waals surface area contributed by atoms with E-state index in [1.807, 2.05) is 0 Å². The van der Waals surface area contributed by atoms with Gasteiger partial charge in [0.15, 0.2) is 0 Å². The molecule has 0 aromatic rings. The number of hydrogen-bond donors (Lipinski definition) is 0. The molecule has 1 aliphatic rings. The van der Waals surface area contributed by atoms with Crippen LogP contribution in [-0.2, 0) is 0 Å². The highest BCUT2D eigenvalue weighted by atomic mass is 127. The summed E-state index contributed by atoms with van der Waals surface area (Å²) in [7, 11) is 0. The Bertz CT molecular complexity index is 129. The molecule has 52 valence electrons. The molecule has 0 aliphatic carbocycles. The quantitative estimate of drug-likeness (QED) is 0.490. The Hall–Kier alpha value is 0.400. The average Bonchev–Trinajstić information content (AvgIpc) is 2.10. The zero-order chi connectivity index (χ0) is 6.91. The van der Waals surface area contributed by atoms with Crippen LogP contribution in [0.4, 0.5) is 0 Å². The van der Waals surface area contributed by atoms with Crippen molar-refractivity contribution >= 4 is 28.8 Å². The largest absolute Gasteiger partial charge is 0.293 e. The molecule has 1 unspecified atom stereocenters. The van der Waals surface area contributed by atoms with Gasteiger partial charge in [-0.15, -0.1) is 0 Å². The van der Waals surface area contributed by atoms with E-state index in [0.29, 0.717) is 11.5 Å². The Kier molecular flexibility index (Phi) is 2.14. The van der Waals surface area contributed by atoms with E-state index >= 15 is 0 Å². The first-order valence-corrected chi connectivity index (χ1v) is 4.77. The summed E-state index contributed by atoms with van der Waals surface area (Å²) in [6, 6.07) is 0.598. The minimum absolute atomic E-state index is 0.371. The van der Waals surface area contributed by atoms with E-state index in [0.717, 1.165) is 4.43 Å². The van der Waals surface area contributed by atoms with Crippen molar-refractivity contribution in [1.29, 1.82) is 0 Å². The first kappa shape index (κ1) is 7.51. The first-order chi connectivity index (χ1) is 4.14. The van der Waals surface area contributed by atoms with Crippen LogP contribution in [0, 0.1) is 5.41 Å². The Morgan fingerprint density at radius 3 is 2.67 bits per heavy atom. The minimum Gasteiger partial charge on any atom is -0.293 e. The van der Waals surface area contributed by atoms with Gasteiger partial charge in [-0.25, -0.2) is 0 Å². The van der Waals surface area contributed by atoms with E-state index in [-0.39, 0.29) is 0 Å². The molecule has 0 spiro atoms. The molecule has 0 amide bonds. The van der Waals surface area contributed by atoms with E-state index in [9.17, 15) is 0 Å². The Balaban J connectivity index is 2.50. The number of hydrogen-bond acceptors (Lipinski definition) is 1. The van der Waals surface area contributed by atoms with E-state index < -0.39 is 0 Å². The molecule has 2 heteroatoms. The maximum atomic E-state index is 4.37. The molecule has 9 heavy (non-hydrogen) atoms. The van der Waals surface area contributed by atoms with Crippen LogP contribution in [0.3, 0.4) is 0 Å². The Labute approximate surface area is 70.1 Å². The highest BCUT2D eigenvalue weighted by Crippen LogP contribution is 2.27. The highest BCUT2D eigenvalue weighted by Gasteiger charge is 2.25. The SMILES string of the molecule is CC1(C)C=NC(CI)C1. The minimum atomic E-state index is 0.371. The molecule has 1 rings (SSSR count). The average molecular weight is 237 g/mol. The molecule has 0 fully saturated rings. The zero-order valence-corrected chi connectivity index (χ0v) is 8.05. The lowest BCUT2D eigenvalue weighted by atomic mass is 9.91. The molecule has 1 heterocycles. The van der Waals surface area contributed by atoms with Crippen LogP contribution in [0.15, 0.2) is 4.99 Å². The van der Waals surface area contributed by atoms with Gasteiger partial charge >= 0.3 is 0 Å². The Morgan fingerprint density at radius 2 is 2.44 bits per heavy atom. The zero-order valence-electron chi connectivity index (χ0n) is 5.89. The third kappa shape index (κ3) is 1.92. The van der Waals surface area contributed by atoms with Crippen molar-refractivity contribution in [2.24, 2.45) is 10.4 Å². The van der Waals surface area contributed by atoms with E-state index in [1.165, 1.54) is 6.42 Å². The van der Waals surface area contributed by atoms with Gasteiger partial charge in [-0.3, -0.25) is 4.99 Å². The molecule has 1 atom stereocenters. The van der Waals surface area contributed by atoms with Crippen LogP contribution in [0.2, 0.25) is 0 Å². The van der Waals surface area contributed by atoms with Crippen molar-refractivity contribution in [3.8, 4) is 0 Å². The molecule has 0 radical (unpaired) electrons. The molecule has 0 saturated heterocycles. The summed E-state index contributed by atoms with van der Waals surface area (Å²) >= 11 is 2.39. The second-order valence-electron chi connectivity index (χ2n) is 3.28.